The standard InChI is InChI=1S/C23H20F3NO5S2/c1-14-3-12-20(15(2)21(14)22(28)29)34(30,31)27-17-6-10-19(11-7-17)33-13-16-4-8-18(9-5-16)32-23(24,25)26/h3-12,27H,13H2,1-2H3,(H,28,29). The zero-order chi connectivity index (χ0) is 25.1. The van der Waals surface area contributed by atoms with Gasteiger partial charge in [0.25, 0.3) is 10.0 Å². The van der Waals surface area contributed by atoms with Gasteiger partial charge in [-0.15, -0.1) is 24.9 Å². The molecule has 3 rings (SSSR count). The van der Waals surface area contributed by atoms with E-state index in [0.717, 1.165) is 10.5 Å². The highest BCUT2D eigenvalue weighted by atomic mass is 32.2. The number of aromatic carboxylic acids is 1. The molecule has 3 aromatic rings. The third-order valence-electron chi connectivity index (χ3n) is 4.80. The second-order valence-electron chi connectivity index (χ2n) is 7.30. The summed E-state index contributed by atoms with van der Waals surface area (Å²) in [6.45, 7) is 3.05. The fourth-order valence-electron chi connectivity index (χ4n) is 3.23. The van der Waals surface area contributed by atoms with Crippen molar-refractivity contribution in [3.8, 4) is 5.75 Å². The van der Waals surface area contributed by atoms with Crippen LogP contribution in [0.25, 0.3) is 0 Å². The Morgan fingerprint density at radius 3 is 2.18 bits per heavy atom. The third-order valence-corrected chi connectivity index (χ3v) is 7.40. The van der Waals surface area contributed by atoms with E-state index in [-0.39, 0.29) is 21.8 Å². The van der Waals surface area contributed by atoms with Crippen molar-refractivity contribution >= 4 is 33.4 Å². The molecule has 0 radical (unpaired) electrons. The molecule has 0 saturated carbocycles. The number of thioether (sulfide) groups is 1. The minimum Gasteiger partial charge on any atom is -0.478 e. The number of halogens is 3. The summed E-state index contributed by atoms with van der Waals surface area (Å²) in [4.78, 5) is 12.2. The summed E-state index contributed by atoms with van der Waals surface area (Å²) in [5.41, 5.74) is 1.66. The van der Waals surface area contributed by atoms with Gasteiger partial charge in [0.1, 0.15) is 5.75 Å². The van der Waals surface area contributed by atoms with Crippen molar-refractivity contribution in [1.82, 2.24) is 0 Å². The highest BCUT2D eigenvalue weighted by Crippen LogP contribution is 2.29. The topological polar surface area (TPSA) is 92.7 Å². The normalized spacial score (nSPS) is 11.8. The van der Waals surface area contributed by atoms with Crippen molar-refractivity contribution in [3.63, 3.8) is 0 Å². The molecular formula is C23H20F3NO5S2. The minimum absolute atomic E-state index is 0.0485. The van der Waals surface area contributed by atoms with Crippen molar-refractivity contribution in [2.24, 2.45) is 0 Å². The van der Waals surface area contributed by atoms with Gasteiger partial charge in [-0.3, -0.25) is 4.72 Å². The quantitative estimate of drug-likeness (QED) is 0.361. The monoisotopic (exact) mass is 511 g/mol. The number of nitrogens with one attached hydrogen (secondary N) is 1. The third kappa shape index (κ3) is 6.45. The number of carboxylic acid groups (broad SMARTS) is 1. The Labute approximate surface area is 198 Å². The lowest BCUT2D eigenvalue weighted by Gasteiger charge is -2.14. The molecule has 180 valence electrons. The van der Waals surface area contributed by atoms with Crippen LogP contribution in [-0.2, 0) is 15.8 Å². The number of alkyl halides is 3. The average Bonchev–Trinajstić information content (AvgIpc) is 2.72. The van der Waals surface area contributed by atoms with Crippen LogP contribution in [0.2, 0.25) is 0 Å². The van der Waals surface area contributed by atoms with Gasteiger partial charge in [0.05, 0.1) is 10.5 Å². The SMILES string of the molecule is Cc1ccc(S(=O)(=O)Nc2ccc(SCc3ccc(OC(F)(F)F)cc3)cc2)c(C)c1C(=O)O. The van der Waals surface area contributed by atoms with Gasteiger partial charge >= 0.3 is 12.3 Å². The summed E-state index contributed by atoms with van der Waals surface area (Å²) >= 11 is 1.42. The molecule has 0 heterocycles. The van der Waals surface area contributed by atoms with Crippen LogP contribution in [0.15, 0.2) is 70.5 Å². The van der Waals surface area contributed by atoms with E-state index >= 15 is 0 Å². The first-order chi connectivity index (χ1) is 15.9. The second kappa shape index (κ2) is 9.98. The molecule has 0 atom stereocenters. The van der Waals surface area contributed by atoms with Gasteiger partial charge in [0.15, 0.2) is 0 Å². The fraction of sp³-hybridized carbons (Fsp3) is 0.174. The lowest BCUT2D eigenvalue weighted by molar-refractivity contribution is -0.274. The van der Waals surface area contributed by atoms with E-state index in [2.05, 4.69) is 9.46 Å². The summed E-state index contributed by atoms with van der Waals surface area (Å²) in [6.07, 6.45) is -4.74. The molecule has 0 fully saturated rings. The molecule has 0 unspecified atom stereocenters. The van der Waals surface area contributed by atoms with Crippen LogP contribution in [0.4, 0.5) is 18.9 Å². The van der Waals surface area contributed by atoms with Gasteiger partial charge < -0.3 is 9.84 Å². The molecule has 0 aliphatic rings. The van der Waals surface area contributed by atoms with Gasteiger partial charge in [-0.1, -0.05) is 18.2 Å². The molecule has 2 N–H and O–H groups in total. The predicted octanol–water partition coefficient (Wildman–Crippen LogP) is 5.99. The molecule has 0 spiro atoms. The van der Waals surface area contributed by atoms with E-state index in [1.165, 1.54) is 55.1 Å². The van der Waals surface area contributed by atoms with E-state index < -0.39 is 22.4 Å². The van der Waals surface area contributed by atoms with Crippen LogP contribution in [0.3, 0.4) is 0 Å². The number of sulfonamides is 1. The minimum atomic E-state index is -4.74. The van der Waals surface area contributed by atoms with E-state index in [1.54, 1.807) is 31.2 Å². The summed E-state index contributed by atoms with van der Waals surface area (Å²) < 4.78 is 68.7. The van der Waals surface area contributed by atoms with Gasteiger partial charge in [0.2, 0.25) is 0 Å². The molecule has 0 saturated heterocycles. The molecule has 3 aromatic carbocycles. The Kier molecular flexibility index (Phi) is 7.47. The number of anilines is 1. The highest BCUT2D eigenvalue weighted by Gasteiger charge is 2.31. The van der Waals surface area contributed by atoms with Crippen LogP contribution in [0, 0.1) is 13.8 Å². The molecule has 0 aromatic heterocycles. The maximum atomic E-state index is 12.8. The van der Waals surface area contributed by atoms with Crippen LogP contribution < -0.4 is 9.46 Å². The molecule has 0 amide bonds. The lowest BCUT2D eigenvalue weighted by Crippen LogP contribution is -2.17. The van der Waals surface area contributed by atoms with Crippen molar-refractivity contribution in [1.29, 1.82) is 0 Å². The molecule has 6 nitrogen and oxygen atoms in total. The Balaban J connectivity index is 1.66. The van der Waals surface area contributed by atoms with Crippen molar-refractivity contribution < 1.29 is 36.2 Å². The van der Waals surface area contributed by atoms with Crippen LogP contribution in [0.1, 0.15) is 27.0 Å². The van der Waals surface area contributed by atoms with Crippen LogP contribution in [-0.4, -0.2) is 25.9 Å². The van der Waals surface area contributed by atoms with Crippen LogP contribution in [0.5, 0.6) is 5.75 Å². The van der Waals surface area contributed by atoms with E-state index in [4.69, 9.17) is 0 Å². The Morgan fingerprint density at radius 1 is 1.00 bits per heavy atom. The first kappa shape index (κ1) is 25.4. The maximum absolute atomic E-state index is 12.8. The number of ether oxygens (including phenoxy) is 1. The van der Waals surface area contributed by atoms with Crippen molar-refractivity contribution in [2.45, 2.75) is 35.8 Å². The van der Waals surface area contributed by atoms with E-state index in [9.17, 15) is 31.5 Å². The maximum Gasteiger partial charge on any atom is 0.573 e. The number of carbonyl (C=O) groups is 1. The number of benzene rings is 3. The predicted molar refractivity (Wildman–Crippen MR) is 123 cm³/mol. The van der Waals surface area contributed by atoms with E-state index in [0.29, 0.717) is 17.0 Å². The number of aryl methyl sites for hydroxylation is 1. The molecular weight excluding hydrogens is 491 g/mol. The lowest BCUT2D eigenvalue weighted by atomic mass is 10.0. The zero-order valence-electron chi connectivity index (χ0n) is 18.0. The first-order valence-electron chi connectivity index (χ1n) is 9.79. The summed E-state index contributed by atoms with van der Waals surface area (Å²) in [5, 5.41) is 9.38. The first-order valence-corrected chi connectivity index (χ1v) is 12.3. The number of rotatable bonds is 8. The zero-order valence-corrected chi connectivity index (χ0v) is 19.6. The van der Waals surface area contributed by atoms with Crippen LogP contribution >= 0.6 is 11.8 Å². The van der Waals surface area contributed by atoms with Gasteiger partial charge in [0, 0.05) is 16.3 Å². The average molecular weight is 512 g/mol. The Bertz CT molecular complexity index is 1290. The van der Waals surface area contributed by atoms with Crippen molar-refractivity contribution in [2.75, 3.05) is 4.72 Å². The summed E-state index contributed by atoms with van der Waals surface area (Å²) in [7, 11) is -4.01. The molecule has 34 heavy (non-hydrogen) atoms. The molecule has 11 heteroatoms. The second-order valence-corrected chi connectivity index (χ2v) is 10.00. The van der Waals surface area contributed by atoms with Gasteiger partial charge in [-0.2, -0.15) is 0 Å². The molecule has 0 aliphatic heterocycles. The molecule has 0 aliphatic carbocycles. The number of carboxylic acids is 1. The van der Waals surface area contributed by atoms with Gasteiger partial charge in [-0.05, 0) is 73.0 Å². The summed E-state index contributed by atoms with van der Waals surface area (Å²) in [5.74, 6) is -1.01. The largest absolute Gasteiger partial charge is 0.573 e. The Morgan fingerprint density at radius 2 is 1.62 bits per heavy atom. The fourth-order valence-corrected chi connectivity index (χ4v) is 5.39. The molecule has 0 bridgehead atoms. The summed E-state index contributed by atoms with van der Waals surface area (Å²) in [6, 6.07) is 14.9. The number of hydrogen-bond acceptors (Lipinski definition) is 5. The smallest absolute Gasteiger partial charge is 0.478 e. The van der Waals surface area contributed by atoms with Gasteiger partial charge in [-0.25, -0.2) is 13.2 Å². The number of hydrogen-bond donors (Lipinski definition) is 2. The van der Waals surface area contributed by atoms with Crippen molar-refractivity contribution in [3.05, 3.63) is 82.9 Å². The van der Waals surface area contributed by atoms with E-state index in [1.807, 2.05) is 0 Å². The highest BCUT2D eigenvalue weighted by molar-refractivity contribution is 7.98. The Hall–Kier alpha value is -3.18.